The number of rotatable bonds is 5. The van der Waals surface area contributed by atoms with Crippen molar-refractivity contribution in [1.82, 2.24) is 4.90 Å². The van der Waals surface area contributed by atoms with Crippen LogP contribution >= 0.6 is 0 Å². The van der Waals surface area contributed by atoms with Gasteiger partial charge in [-0.05, 0) is 35.4 Å². The van der Waals surface area contributed by atoms with E-state index in [4.69, 9.17) is 0 Å². The average molecular weight is 326 g/mol. The largest absolute Gasteiger partial charge is 0.378 e. The summed E-state index contributed by atoms with van der Waals surface area (Å²) in [5.41, 5.74) is 4.61. The van der Waals surface area contributed by atoms with Gasteiger partial charge in [0.05, 0.1) is 20.1 Å². The smallest absolute Gasteiger partial charge is 0.219 e. The first-order valence-corrected chi connectivity index (χ1v) is 8.22. The Morgan fingerprint density at radius 3 is 1.71 bits per heavy atom. The van der Waals surface area contributed by atoms with Crippen LogP contribution in [0.25, 0.3) is 0 Å². The van der Waals surface area contributed by atoms with Crippen LogP contribution in [-0.2, 0) is 4.79 Å². The van der Waals surface area contributed by atoms with Crippen molar-refractivity contribution in [2.24, 2.45) is 0 Å². The summed E-state index contributed by atoms with van der Waals surface area (Å²) in [6.07, 6.45) is 0. The van der Waals surface area contributed by atoms with Gasteiger partial charge in [0.25, 0.3) is 0 Å². The van der Waals surface area contributed by atoms with Crippen molar-refractivity contribution in [3.05, 3.63) is 59.7 Å². The molecular weight excluding hydrogens is 298 g/mol. The number of benzene rings is 2. The fourth-order valence-corrected chi connectivity index (χ4v) is 2.77. The van der Waals surface area contributed by atoms with Crippen LogP contribution in [0.15, 0.2) is 48.5 Å². The highest BCUT2D eigenvalue weighted by atomic mass is 16.2. The fourth-order valence-electron chi connectivity index (χ4n) is 2.77. The van der Waals surface area contributed by atoms with Crippen molar-refractivity contribution in [2.45, 2.75) is 13.0 Å². The molecule has 0 aliphatic carbocycles. The van der Waals surface area contributed by atoms with Gasteiger partial charge in [-0.2, -0.15) is 0 Å². The Labute approximate surface area is 145 Å². The second-order valence-electron chi connectivity index (χ2n) is 6.64. The minimum atomic E-state index is -0.0788. The van der Waals surface area contributed by atoms with Crippen molar-refractivity contribution in [3.63, 3.8) is 0 Å². The topological polar surface area (TPSA) is 28.0 Å². The second kappa shape index (κ2) is 7.49. The Bertz CT molecular complexity index is 624. The van der Waals surface area contributed by atoms with Crippen LogP contribution in [0.4, 0.5) is 11.4 Å². The van der Waals surface area contributed by atoms with Gasteiger partial charge in [-0.1, -0.05) is 24.3 Å². The molecule has 0 bridgehead atoms. The second-order valence-corrected chi connectivity index (χ2v) is 6.64. The van der Waals surface area contributed by atoms with Crippen LogP contribution in [0.2, 0.25) is 0 Å². The van der Waals surface area contributed by atoms with E-state index in [1.54, 1.807) is 11.8 Å². The quantitative estimate of drug-likeness (QED) is 0.911. The van der Waals surface area contributed by atoms with Gasteiger partial charge in [0.15, 0.2) is 0 Å². The lowest BCUT2D eigenvalue weighted by molar-refractivity contribution is -0.786. The third-order valence-electron chi connectivity index (χ3n) is 4.41. The molecule has 1 N–H and O–H groups in total. The molecule has 0 aliphatic heterocycles. The summed E-state index contributed by atoms with van der Waals surface area (Å²) in [5, 5.41) is 0. The molecule has 1 atom stereocenters. The molecule has 1 unspecified atom stereocenters. The van der Waals surface area contributed by atoms with E-state index >= 15 is 0 Å². The van der Waals surface area contributed by atoms with E-state index in [0.717, 1.165) is 16.8 Å². The van der Waals surface area contributed by atoms with Crippen LogP contribution in [-0.4, -0.2) is 46.0 Å². The summed E-state index contributed by atoms with van der Waals surface area (Å²) in [6.45, 7) is 1.61. The maximum atomic E-state index is 12.0. The zero-order valence-corrected chi connectivity index (χ0v) is 15.5. The van der Waals surface area contributed by atoms with E-state index in [1.807, 2.05) is 21.1 Å². The standard InChI is InChI=1S/C20H27N3O/c1-15(24)23(6)20(16-7-11-18(12-8-16)21(2)3)17-9-13-19(14-10-17)22(4)5/h7-14,20H,1-6H3/p+1. The van der Waals surface area contributed by atoms with Crippen LogP contribution in [0.5, 0.6) is 0 Å². The average Bonchev–Trinajstić information content (AvgIpc) is 2.55. The maximum absolute atomic E-state index is 12.0. The molecule has 0 aromatic heterocycles. The number of hydrogen-bond acceptors (Lipinski definition) is 2. The minimum Gasteiger partial charge on any atom is -0.378 e. The van der Waals surface area contributed by atoms with Crippen molar-refractivity contribution in [3.8, 4) is 0 Å². The van der Waals surface area contributed by atoms with Crippen molar-refractivity contribution in [1.29, 1.82) is 0 Å². The normalized spacial score (nSPS) is 12.1. The molecule has 4 nitrogen and oxygen atoms in total. The lowest BCUT2D eigenvalue weighted by Gasteiger charge is -2.29. The number of hydrogen-bond donors (Lipinski definition) is 1. The van der Waals surface area contributed by atoms with E-state index in [2.05, 4.69) is 67.5 Å². The number of carbonyl (C=O) groups excluding carboxylic acids is 1. The van der Waals surface area contributed by atoms with E-state index in [9.17, 15) is 4.79 Å². The van der Waals surface area contributed by atoms with Gasteiger partial charge in [-0.25, -0.2) is 0 Å². The molecule has 0 heterocycles. The Balaban J connectivity index is 2.42. The summed E-state index contributed by atoms with van der Waals surface area (Å²) in [5.74, 6) is 0.0546. The first kappa shape index (κ1) is 18.0. The Morgan fingerprint density at radius 1 is 0.875 bits per heavy atom. The molecule has 0 aliphatic rings. The predicted molar refractivity (Wildman–Crippen MR) is 100.0 cm³/mol. The molecular formula is C20H28N3O+. The molecule has 0 saturated heterocycles. The fraction of sp³-hybridized carbons (Fsp3) is 0.350. The summed E-state index contributed by atoms with van der Waals surface area (Å²) < 4.78 is 0. The molecule has 0 radical (unpaired) electrons. The van der Waals surface area contributed by atoms with Gasteiger partial charge < -0.3 is 14.7 Å². The van der Waals surface area contributed by atoms with Crippen LogP contribution in [0, 0.1) is 0 Å². The number of quaternary nitrogens is 1. The molecule has 2 aromatic carbocycles. The number of amides is 1. The zero-order chi connectivity index (χ0) is 17.9. The van der Waals surface area contributed by atoms with Crippen LogP contribution < -0.4 is 9.80 Å². The zero-order valence-electron chi connectivity index (χ0n) is 15.5. The SMILES string of the molecule is CC(=O)N(C)C(c1ccc(N(C)C)cc1)c1ccc([NH+](C)C)cc1. The highest BCUT2D eigenvalue weighted by Gasteiger charge is 2.21. The first-order valence-electron chi connectivity index (χ1n) is 8.22. The maximum Gasteiger partial charge on any atom is 0.219 e. The molecule has 2 aromatic rings. The van der Waals surface area contributed by atoms with E-state index < -0.39 is 0 Å². The highest BCUT2D eigenvalue weighted by Crippen LogP contribution is 2.29. The number of carbonyl (C=O) groups is 1. The molecule has 2 rings (SSSR count). The third-order valence-corrected chi connectivity index (χ3v) is 4.41. The van der Waals surface area contributed by atoms with Gasteiger partial charge in [-0.15, -0.1) is 0 Å². The highest BCUT2D eigenvalue weighted by molar-refractivity contribution is 5.74. The molecule has 1 amide bonds. The van der Waals surface area contributed by atoms with Crippen LogP contribution in [0.3, 0.4) is 0 Å². The molecule has 0 fully saturated rings. The van der Waals surface area contributed by atoms with Gasteiger partial charge in [0, 0.05) is 33.8 Å². The molecule has 0 saturated carbocycles. The van der Waals surface area contributed by atoms with E-state index in [1.165, 1.54) is 10.6 Å². The number of anilines is 1. The Morgan fingerprint density at radius 2 is 1.33 bits per heavy atom. The molecule has 0 spiro atoms. The van der Waals surface area contributed by atoms with Gasteiger partial charge >= 0.3 is 0 Å². The summed E-state index contributed by atoms with van der Waals surface area (Å²) >= 11 is 0. The van der Waals surface area contributed by atoms with Crippen molar-refractivity contribution in [2.75, 3.05) is 40.1 Å². The monoisotopic (exact) mass is 326 g/mol. The molecule has 24 heavy (non-hydrogen) atoms. The lowest BCUT2D eigenvalue weighted by atomic mass is 9.96. The minimum absolute atomic E-state index is 0.0546. The van der Waals surface area contributed by atoms with Gasteiger partial charge in [-0.3, -0.25) is 4.79 Å². The van der Waals surface area contributed by atoms with Crippen molar-refractivity contribution >= 4 is 17.3 Å². The summed E-state index contributed by atoms with van der Waals surface area (Å²) in [4.78, 5) is 17.1. The number of nitrogens with zero attached hydrogens (tertiary/aromatic N) is 2. The predicted octanol–water partition coefficient (Wildman–Crippen LogP) is 2.10. The summed E-state index contributed by atoms with van der Waals surface area (Å²) in [6, 6.07) is 16.8. The molecule has 4 heteroatoms. The summed E-state index contributed by atoms with van der Waals surface area (Å²) in [7, 11) is 10.1. The Kier molecular flexibility index (Phi) is 5.62. The van der Waals surface area contributed by atoms with E-state index in [0.29, 0.717) is 0 Å². The lowest BCUT2D eigenvalue weighted by Crippen LogP contribution is -3.00. The van der Waals surface area contributed by atoms with Gasteiger partial charge in [0.1, 0.15) is 5.69 Å². The molecule has 128 valence electrons. The Hall–Kier alpha value is -2.33. The third kappa shape index (κ3) is 3.95. The van der Waals surface area contributed by atoms with E-state index in [-0.39, 0.29) is 11.9 Å². The van der Waals surface area contributed by atoms with Crippen LogP contribution in [0.1, 0.15) is 24.1 Å². The first-order chi connectivity index (χ1) is 11.3. The van der Waals surface area contributed by atoms with Crippen molar-refractivity contribution < 1.29 is 9.69 Å². The number of nitrogens with one attached hydrogen (secondary N) is 1. The van der Waals surface area contributed by atoms with Gasteiger partial charge in [0.2, 0.25) is 5.91 Å².